The number of anilines is 1. The highest BCUT2D eigenvalue weighted by molar-refractivity contribution is 5.78. The first-order chi connectivity index (χ1) is 13.9. The molecule has 1 aromatic carbocycles. The summed E-state index contributed by atoms with van der Waals surface area (Å²) in [5.41, 5.74) is -0.158. The fourth-order valence-corrected chi connectivity index (χ4v) is 4.57. The van der Waals surface area contributed by atoms with Gasteiger partial charge in [0.2, 0.25) is 5.95 Å². The van der Waals surface area contributed by atoms with Crippen LogP contribution in [0.4, 0.5) is 23.5 Å². The molecule has 3 heterocycles. The van der Waals surface area contributed by atoms with Gasteiger partial charge in [0.05, 0.1) is 5.56 Å². The second-order valence-electron chi connectivity index (χ2n) is 7.74. The van der Waals surface area contributed by atoms with E-state index in [1.54, 1.807) is 18.3 Å². The average molecular weight is 405 g/mol. The summed E-state index contributed by atoms with van der Waals surface area (Å²) in [7, 11) is 0. The summed E-state index contributed by atoms with van der Waals surface area (Å²) in [6.07, 6.45) is -0.754. The van der Waals surface area contributed by atoms with Gasteiger partial charge in [-0.2, -0.15) is 18.2 Å². The molecule has 1 unspecified atom stereocenters. The molecule has 1 aliphatic carbocycles. The number of pyridine rings is 1. The van der Waals surface area contributed by atoms with E-state index in [0.717, 1.165) is 38.1 Å². The molecule has 1 saturated carbocycles. The molecular weight excluding hydrogens is 386 g/mol. The Bertz CT molecular complexity index is 1040. The topological polar surface area (TPSA) is 54.2 Å². The van der Waals surface area contributed by atoms with Gasteiger partial charge in [-0.3, -0.25) is 0 Å². The Kier molecular flexibility index (Phi) is 4.23. The Labute approximate surface area is 164 Å². The molecule has 29 heavy (non-hydrogen) atoms. The Balaban J connectivity index is 1.52. The maximum absolute atomic E-state index is 13.7. The zero-order chi connectivity index (χ0) is 20.2. The summed E-state index contributed by atoms with van der Waals surface area (Å²) in [5, 5.41) is 11.3. The molecule has 9 heteroatoms. The number of nitrogens with one attached hydrogen (secondary N) is 2. The quantitative estimate of drug-likeness (QED) is 0.648. The summed E-state index contributed by atoms with van der Waals surface area (Å²) in [4.78, 5) is 4.54. The molecule has 0 spiro atoms. The Hall–Kier alpha value is -2.68. The van der Waals surface area contributed by atoms with Gasteiger partial charge in [-0.25, -0.2) is 8.91 Å². The normalized spacial score (nSPS) is 24.2. The van der Waals surface area contributed by atoms with Crippen LogP contribution in [-0.4, -0.2) is 33.7 Å². The van der Waals surface area contributed by atoms with Gasteiger partial charge >= 0.3 is 6.18 Å². The van der Waals surface area contributed by atoms with Crippen molar-refractivity contribution in [1.29, 1.82) is 0 Å². The third-order valence-electron chi connectivity index (χ3n) is 5.98. The first-order valence-electron chi connectivity index (χ1n) is 9.60. The summed E-state index contributed by atoms with van der Waals surface area (Å²) in [6.45, 7) is 1.92. The maximum atomic E-state index is 13.7. The molecule has 1 aliphatic heterocycles. The predicted octanol–water partition coefficient (Wildman–Crippen LogP) is 3.96. The second kappa shape index (κ2) is 6.69. The average Bonchev–Trinajstić information content (AvgIpc) is 3.17. The summed E-state index contributed by atoms with van der Waals surface area (Å²) in [6, 6.07) is 6.62. The smallest absolute Gasteiger partial charge is 0.350 e. The molecule has 2 N–H and O–H groups in total. The highest BCUT2D eigenvalue weighted by Gasteiger charge is 2.39. The van der Waals surface area contributed by atoms with E-state index < -0.39 is 17.6 Å². The molecule has 3 aromatic rings. The van der Waals surface area contributed by atoms with Crippen molar-refractivity contribution >= 4 is 11.6 Å². The van der Waals surface area contributed by atoms with E-state index in [4.69, 9.17) is 0 Å². The van der Waals surface area contributed by atoms with E-state index in [2.05, 4.69) is 20.7 Å². The maximum Gasteiger partial charge on any atom is 0.419 e. The first-order valence-corrected chi connectivity index (χ1v) is 9.60. The Morgan fingerprint density at radius 3 is 2.59 bits per heavy atom. The van der Waals surface area contributed by atoms with Crippen LogP contribution in [0.1, 0.15) is 18.4 Å². The van der Waals surface area contributed by atoms with Gasteiger partial charge in [0.15, 0.2) is 5.65 Å². The minimum Gasteiger partial charge on any atom is -0.350 e. The Morgan fingerprint density at radius 1 is 1.10 bits per heavy atom. The summed E-state index contributed by atoms with van der Waals surface area (Å²) >= 11 is 0. The highest BCUT2D eigenvalue weighted by Crippen LogP contribution is 2.37. The van der Waals surface area contributed by atoms with Crippen LogP contribution in [0.5, 0.6) is 0 Å². The molecule has 1 saturated heterocycles. The number of piperidine rings is 1. The molecular formula is C20H19F4N5. The van der Waals surface area contributed by atoms with Crippen LogP contribution in [0.2, 0.25) is 0 Å². The van der Waals surface area contributed by atoms with Crippen molar-refractivity contribution < 1.29 is 17.6 Å². The first kappa shape index (κ1) is 18.4. The number of aromatic nitrogens is 3. The molecule has 2 fully saturated rings. The van der Waals surface area contributed by atoms with E-state index in [-0.39, 0.29) is 5.56 Å². The molecule has 5 nitrogen and oxygen atoms in total. The van der Waals surface area contributed by atoms with Crippen molar-refractivity contribution in [2.24, 2.45) is 11.8 Å². The summed E-state index contributed by atoms with van der Waals surface area (Å²) < 4.78 is 54.6. The van der Waals surface area contributed by atoms with Crippen LogP contribution in [0.3, 0.4) is 0 Å². The fraction of sp³-hybridized carbons (Fsp3) is 0.400. The van der Waals surface area contributed by atoms with Crippen LogP contribution in [0, 0.1) is 17.7 Å². The third-order valence-corrected chi connectivity index (χ3v) is 5.98. The molecule has 0 amide bonds. The zero-order valence-corrected chi connectivity index (χ0v) is 15.4. The minimum atomic E-state index is -4.76. The third kappa shape index (κ3) is 3.23. The van der Waals surface area contributed by atoms with E-state index in [1.165, 1.54) is 10.6 Å². The number of benzene rings is 1. The van der Waals surface area contributed by atoms with Gasteiger partial charge in [-0.05, 0) is 67.6 Å². The van der Waals surface area contributed by atoms with Gasteiger partial charge in [-0.15, -0.1) is 5.10 Å². The lowest BCUT2D eigenvalue weighted by Crippen LogP contribution is -2.45. The van der Waals surface area contributed by atoms with E-state index >= 15 is 0 Å². The van der Waals surface area contributed by atoms with Crippen LogP contribution >= 0.6 is 0 Å². The SMILES string of the molecule is Fc1ccc(-c2cccn3nc(NC4[C@@H]5CC[C@H]4CNC5)nc23)cc1C(F)(F)F. The molecule has 152 valence electrons. The van der Waals surface area contributed by atoms with Crippen molar-refractivity contribution in [3.63, 3.8) is 0 Å². The number of hydrogen-bond donors (Lipinski definition) is 2. The number of halogens is 4. The van der Waals surface area contributed by atoms with Crippen LogP contribution in [-0.2, 0) is 6.18 Å². The summed E-state index contributed by atoms with van der Waals surface area (Å²) in [5.74, 6) is 0.204. The number of hydrogen-bond acceptors (Lipinski definition) is 4. The lowest BCUT2D eigenvalue weighted by Gasteiger charge is -2.30. The van der Waals surface area contributed by atoms with Crippen molar-refractivity contribution in [3.8, 4) is 11.1 Å². The van der Waals surface area contributed by atoms with Crippen LogP contribution in [0.15, 0.2) is 36.5 Å². The number of nitrogens with zero attached hydrogens (tertiary/aromatic N) is 3. The second-order valence-corrected chi connectivity index (χ2v) is 7.74. The lowest BCUT2D eigenvalue weighted by atomic mass is 9.94. The van der Waals surface area contributed by atoms with Gasteiger partial charge in [0.25, 0.3) is 0 Å². The van der Waals surface area contributed by atoms with Crippen LogP contribution in [0.25, 0.3) is 16.8 Å². The Morgan fingerprint density at radius 2 is 1.86 bits per heavy atom. The molecule has 2 bridgehead atoms. The number of alkyl halides is 3. The molecule has 3 atom stereocenters. The van der Waals surface area contributed by atoms with Gasteiger partial charge in [0, 0.05) is 17.8 Å². The van der Waals surface area contributed by atoms with E-state index in [1.807, 2.05) is 0 Å². The zero-order valence-electron chi connectivity index (χ0n) is 15.4. The van der Waals surface area contributed by atoms with Crippen molar-refractivity contribution in [1.82, 2.24) is 19.9 Å². The lowest BCUT2D eigenvalue weighted by molar-refractivity contribution is -0.139. The monoisotopic (exact) mass is 405 g/mol. The van der Waals surface area contributed by atoms with E-state index in [9.17, 15) is 17.6 Å². The molecule has 0 radical (unpaired) electrons. The fourth-order valence-electron chi connectivity index (χ4n) is 4.57. The van der Waals surface area contributed by atoms with E-state index in [0.29, 0.717) is 35.0 Å². The predicted molar refractivity (Wildman–Crippen MR) is 99.9 cm³/mol. The molecule has 2 aliphatic rings. The highest BCUT2D eigenvalue weighted by atomic mass is 19.4. The standard InChI is InChI=1S/C20H19F4N5/c21-16-6-5-11(8-15(16)20(22,23)24)14-2-1-7-29-18(14)27-19(28-29)26-17-12-3-4-13(17)10-25-9-12/h1-2,5-8,12-13,17,25H,3-4,9-10H2,(H,26,28)/t12-,13+,17?. The largest absolute Gasteiger partial charge is 0.419 e. The number of rotatable bonds is 3. The van der Waals surface area contributed by atoms with Crippen molar-refractivity contribution in [2.45, 2.75) is 25.1 Å². The minimum absolute atomic E-state index is 0.241. The van der Waals surface area contributed by atoms with Gasteiger partial charge in [-0.1, -0.05) is 6.07 Å². The molecule has 5 rings (SSSR count). The number of fused-ring (bicyclic) bond motifs is 3. The van der Waals surface area contributed by atoms with Crippen molar-refractivity contribution in [3.05, 3.63) is 47.9 Å². The van der Waals surface area contributed by atoms with Crippen LogP contribution < -0.4 is 10.6 Å². The molecule has 2 aromatic heterocycles. The van der Waals surface area contributed by atoms with Gasteiger partial charge < -0.3 is 10.6 Å². The van der Waals surface area contributed by atoms with Crippen molar-refractivity contribution in [2.75, 3.05) is 18.4 Å². The van der Waals surface area contributed by atoms with Gasteiger partial charge in [0.1, 0.15) is 5.82 Å².